The Balaban J connectivity index is 2.20. The van der Waals surface area contributed by atoms with Gasteiger partial charge in [0.15, 0.2) is 9.84 Å². The molecule has 4 nitrogen and oxygen atoms in total. The molecule has 1 unspecified atom stereocenters. The van der Waals surface area contributed by atoms with Crippen molar-refractivity contribution >= 4 is 28.4 Å². The van der Waals surface area contributed by atoms with E-state index in [9.17, 15) is 13.2 Å². The zero-order valence-corrected chi connectivity index (χ0v) is 12.6. The fraction of sp³-hybridized carbons (Fsp3) is 0.462. The van der Waals surface area contributed by atoms with Crippen molar-refractivity contribution in [3.05, 3.63) is 29.3 Å². The number of nitrogens with one attached hydrogen (secondary N) is 1. The zero-order valence-electron chi connectivity index (χ0n) is 10.9. The average molecular weight is 299 g/mol. The number of carbonyl (C=O) groups excluding carboxylic acids is 1. The summed E-state index contributed by atoms with van der Waals surface area (Å²) in [6, 6.07) is 5.34. The fourth-order valence-electron chi connectivity index (χ4n) is 2.31. The van der Waals surface area contributed by atoms with E-state index in [1.54, 1.807) is 13.0 Å². The fourth-order valence-corrected chi connectivity index (χ4v) is 4.60. The number of thiol groups is 1. The standard InChI is InChI=1S/C13H17NO3S2/c1-9-3-4-10(18)7-11(9)12(15)14-13(2)5-6-19(16,17)8-13/h3-4,7,18H,5-6,8H2,1-2H3,(H,14,15). The summed E-state index contributed by atoms with van der Waals surface area (Å²) in [6.07, 6.45) is 0.459. The third-order valence-corrected chi connectivity index (χ3v) is 5.57. The molecule has 1 aromatic rings. The number of amides is 1. The number of rotatable bonds is 2. The molecule has 19 heavy (non-hydrogen) atoms. The van der Waals surface area contributed by atoms with Crippen LogP contribution < -0.4 is 5.32 Å². The molecule has 6 heteroatoms. The second kappa shape index (κ2) is 4.83. The van der Waals surface area contributed by atoms with E-state index in [0.29, 0.717) is 16.9 Å². The van der Waals surface area contributed by atoms with Crippen molar-refractivity contribution in [3.8, 4) is 0 Å². The predicted octanol–water partition coefficient (Wildman–Crippen LogP) is 1.59. The molecule has 1 aliphatic heterocycles. The van der Waals surface area contributed by atoms with Crippen LogP contribution in [-0.4, -0.2) is 31.4 Å². The molecule has 0 radical (unpaired) electrons. The largest absolute Gasteiger partial charge is 0.346 e. The minimum atomic E-state index is -3.03. The maximum atomic E-state index is 12.3. The van der Waals surface area contributed by atoms with E-state index < -0.39 is 15.4 Å². The van der Waals surface area contributed by atoms with Crippen molar-refractivity contribution in [2.45, 2.75) is 30.7 Å². The minimum Gasteiger partial charge on any atom is -0.346 e. The minimum absolute atomic E-state index is 0.00531. The van der Waals surface area contributed by atoms with Gasteiger partial charge in [0, 0.05) is 10.5 Å². The number of hydrogen-bond acceptors (Lipinski definition) is 4. The van der Waals surface area contributed by atoms with Crippen molar-refractivity contribution in [3.63, 3.8) is 0 Å². The Bertz CT molecular complexity index is 625. The van der Waals surface area contributed by atoms with Crippen LogP contribution in [0.25, 0.3) is 0 Å². The lowest BCUT2D eigenvalue weighted by molar-refractivity contribution is 0.0914. The van der Waals surface area contributed by atoms with Gasteiger partial charge < -0.3 is 5.32 Å². The van der Waals surface area contributed by atoms with E-state index >= 15 is 0 Å². The molecular formula is C13H17NO3S2. The highest BCUT2D eigenvalue weighted by molar-refractivity contribution is 7.91. The highest BCUT2D eigenvalue weighted by atomic mass is 32.2. The summed E-state index contributed by atoms with van der Waals surface area (Å²) in [7, 11) is -3.03. The summed E-state index contributed by atoms with van der Waals surface area (Å²) >= 11 is 4.22. The van der Waals surface area contributed by atoms with Crippen molar-refractivity contribution in [2.24, 2.45) is 0 Å². The Morgan fingerprint density at radius 2 is 2.11 bits per heavy atom. The Labute approximate surface area is 118 Å². The third-order valence-electron chi connectivity index (χ3n) is 3.38. The van der Waals surface area contributed by atoms with E-state index in [1.807, 2.05) is 19.1 Å². The van der Waals surface area contributed by atoms with Crippen LogP contribution in [0.5, 0.6) is 0 Å². The van der Waals surface area contributed by atoms with Gasteiger partial charge in [0.1, 0.15) is 0 Å². The van der Waals surface area contributed by atoms with E-state index in [1.165, 1.54) is 0 Å². The summed E-state index contributed by atoms with van der Waals surface area (Å²) < 4.78 is 23.0. The molecule has 1 amide bonds. The van der Waals surface area contributed by atoms with Gasteiger partial charge in [-0.25, -0.2) is 8.42 Å². The van der Waals surface area contributed by atoms with Gasteiger partial charge in [0.05, 0.1) is 17.0 Å². The number of sulfone groups is 1. The van der Waals surface area contributed by atoms with E-state index in [4.69, 9.17) is 0 Å². The summed E-state index contributed by atoms with van der Waals surface area (Å²) in [5.74, 6) is -0.103. The molecule has 0 aliphatic carbocycles. The van der Waals surface area contributed by atoms with Crippen molar-refractivity contribution < 1.29 is 13.2 Å². The van der Waals surface area contributed by atoms with Gasteiger partial charge in [0.2, 0.25) is 0 Å². The van der Waals surface area contributed by atoms with Gasteiger partial charge in [-0.1, -0.05) is 6.07 Å². The molecule has 1 saturated heterocycles. The van der Waals surface area contributed by atoms with Crippen LogP contribution in [0.15, 0.2) is 23.1 Å². The van der Waals surface area contributed by atoms with Crippen LogP contribution in [0.3, 0.4) is 0 Å². The summed E-state index contributed by atoms with van der Waals surface area (Å²) in [4.78, 5) is 13.0. The van der Waals surface area contributed by atoms with Gasteiger partial charge in [-0.3, -0.25) is 4.79 Å². The summed E-state index contributed by atoms with van der Waals surface area (Å²) in [5, 5.41) is 2.84. The second-order valence-corrected chi connectivity index (χ2v) is 8.06. The van der Waals surface area contributed by atoms with Gasteiger partial charge in [0.25, 0.3) is 5.91 Å². The van der Waals surface area contributed by atoms with Crippen LogP contribution in [0.1, 0.15) is 29.3 Å². The molecule has 2 rings (SSSR count). The molecular weight excluding hydrogens is 282 g/mol. The van der Waals surface area contributed by atoms with Gasteiger partial charge >= 0.3 is 0 Å². The van der Waals surface area contributed by atoms with Crippen LogP contribution in [0.2, 0.25) is 0 Å². The van der Waals surface area contributed by atoms with Crippen molar-refractivity contribution in [2.75, 3.05) is 11.5 Å². The van der Waals surface area contributed by atoms with Gasteiger partial charge in [-0.05, 0) is 38.0 Å². The first-order valence-electron chi connectivity index (χ1n) is 6.03. The molecule has 1 atom stereocenters. The third kappa shape index (κ3) is 3.30. The zero-order chi connectivity index (χ0) is 14.3. The maximum absolute atomic E-state index is 12.3. The molecule has 1 heterocycles. The smallest absolute Gasteiger partial charge is 0.252 e. The van der Waals surface area contributed by atoms with E-state index in [0.717, 1.165) is 5.56 Å². The molecule has 0 spiro atoms. The van der Waals surface area contributed by atoms with Gasteiger partial charge in [-0.15, -0.1) is 12.6 Å². The van der Waals surface area contributed by atoms with Gasteiger partial charge in [-0.2, -0.15) is 0 Å². The second-order valence-electron chi connectivity index (χ2n) is 5.36. The molecule has 0 saturated carbocycles. The van der Waals surface area contributed by atoms with Crippen molar-refractivity contribution in [1.82, 2.24) is 5.32 Å². The Kier molecular flexibility index (Phi) is 3.66. The first kappa shape index (κ1) is 14.4. The van der Waals surface area contributed by atoms with Crippen LogP contribution in [0.4, 0.5) is 0 Å². The van der Waals surface area contributed by atoms with Crippen LogP contribution in [-0.2, 0) is 9.84 Å². The maximum Gasteiger partial charge on any atom is 0.252 e. The highest BCUT2D eigenvalue weighted by Gasteiger charge is 2.39. The molecule has 1 aliphatic rings. The van der Waals surface area contributed by atoms with E-state index in [2.05, 4.69) is 17.9 Å². The molecule has 1 N–H and O–H groups in total. The first-order valence-corrected chi connectivity index (χ1v) is 8.30. The lowest BCUT2D eigenvalue weighted by Crippen LogP contribution is -2.47. The number of benzene rings is 1. The van der Waals surface area contributed by atoms with E-state index in [-0.39, 0.29) is 17.4 Å². The summed E-state index contributed by atoms with van der Waals surface area (Å²) in [5.41, 5.74) is 0.715. The Hall–Kier alpha value is -1.01. The van der Waals surface area contributed by atoms with Crippen LogP contribution >= 0.6 is 12.6 Å². The molecule has 104 valence electrons. The number of hydrogen-bond donors (Lipinski definition) is 2. The van der Waals surface area contributed by atoms with Crippen molar-refractivity contribution in [1.29, 1.82) is 0 Å². The number of carbonyl (C=O) groups is 1. The monoisotopic (exact) mass is 299 g/mol. The molecule has 0 bridgehead atoms. The molecule has 1 aromatic carbocycles. The first-order chi connectivity index (χ1) is 8.71. The average Bonchev–Trinajstić information content (AvgIpc) is 2.56. The quantitative estimate of drug-likeness (QED) is 0.815. The topological polar surface area (TPSA) is 63.2 Å². The Morgan fingerprint density at radius 3 is 2.68 bits per heavy atom. The Morgan fingerprint density at radius 1 is 1.42 bits per heavy atom. The lowest BCUT2D eigenvalue weighted by Gasteiger charge is -2.24. The van der Waals surface area contributed by atoms with Crippen LogP contribution in [0, 0.1) is 6.92 Å². The molecule has 1 fully saturated rings. The highest BCUT2D eigenvalue weighted by Crippen LogP contribution is 2.24. The summed E-state index contributed by atoms with van der Waals surface area (Å²) in [6.45, 7) is 3.62. The number of aryl methyl sites for hydroxylation is 1. The predicted molar refractivity (Wildman–Crippen MR) is 77.6 cm³/mol. The molecule has 0 aromatic heterocycles. The normalized spacial score (nSPS) is 25.2. The SMILES string of the molecule is Cc1ccc(S)cc1C(=O)NC1(C)CCS(=O)(=O)C1. The lowest BCUT2D eigenvalue weighted by atomic mass is 10.0.